The molecule has 20 heavy (non-hydrogen) atoms. The minimum atomic E-state index is -0.0276. The second-order valence-electron chi connectivity index (χ2n) is 4.70. The first kappa shape index (κ1) is 15.0. The van der Waals surface area contributed by atoms with Crippen molar-refractivity contribution in [3.8, 4) is 0 Å². The van der Waals surface area contributed by atoms with Crippen molar-refractivity contribution in [2.24, 2.45) is 0 Å². The van der Waals surface area contributed by atoms with Crippen LogP contribution in [0.1, 0.15) is 30.3 Å². The number of carbonyl (C=O) groups excluding carboxylic acids is 1. The van der Waals surface area contributed by atoms with Crippen molar-refractivity contribution >= 4 is 34.7 Å². The van der Waals surface area contributed by atoms with Crippen LogP contribution in [0.4, 0.5) is 5.69 Å². The van der Waals surface area contributed by atoms with Gasteiger partial charge in [-0.2, -0.15) is 0 Å². The minimum absolute atomic E-state index is 0.0276. The zero-order valence-electron chi connectivity index (χ0n) is 11.7. The van der Waals surface area contributed by atoms with Crippen LogP contribution in [0.25, 0.3) is 0 Å². The predicted molar refractivity (Wildman–Crippen MR) is 84.5 cm³/mol. The summed E-state index contributed by atoms with van der Waals surface area (Å²) in [5.41, 5.74) is 2.09. The van der Waals surface area contributed by atoms with E-state index in [4.69, 9.17) is 0 Å². The van der Waals surface area contributed by atoms with Crippen LogP contribution in [-0.2, 0) is 4.79 Å². The molecule has 2 rings (SSSR count). The number of rotatable bonds is 5. The standard InChI is InChI=1S/C14H17N3OS2/c1-9(2)11-4-6-12(7-5-11)15-13(18)8-19-14-17-16-10(3)20-14/h4-7,9H,8H2,1-3H3,(H,15,18). The molecule has 1 aromatic heterocycles. The van der Waals surface area contributed by atoms with Gasteiger partial charge in [0.25, 0.3) is 0 Å². The molecule has 0 aliphatic rings. The van der Waals surface area contributed by atoms with E-state index in [0.717, 1.165) is 15.0 Å². The Kier molecular flexibility index (Phi) is 5.14. The lowest BCUT2D eigenvalue weighted by Gasteiger charge is -2.08. The molecule has 0 bridgehead atoms. The summed E-state index contributed by atoms with van der Waals surface area (Å²) in [5, 5.41) is 11.7. The fourth-order valence-electron chi connectivity index (χ4n) is 1.61. The van der Waals surface area contributed by atoms with Crippen LogP contribution >= 0.6 is 23.1 Å². The second kappa shape index (κ2) is 6.85. The Balaban J connectivity index is 1.84. The van der Waals surface area contributed by atoms with Gasteiger partial charge >= 0.3 is 0 Å². The molecule has 1 N–H and O–H groups in total. The Bertz CT molecular complexity index is 578. The Morgan fingerprint density at radius 3 is 2.55 bits per heavy atom. The summed E-state index contributed by atoms with van der Waals surface area (Å²) < 4.78 is 0.827. The molecule has 6 heteroatoms. The van der Waals surface area contributed by atoms with Crippen molar-refractivity contribution in [3.05, 3.63) is 34.8 Å². The molecule has 0 unspecified atom stereocenters. The molecule has 0 saturated heterocycles. The molecule has 2 aromatic rings. The van der Waals surface area contributed by atoms with Crippen molar-refractivity contribution in [3.63, 3.8) is 0 Å². The number of carbonyl (C=O) groups is 1. The van der Waals surface area contributed by atoms with Crippen LogP contribution in [0.15, 0.2) is 28.6 Å². The third-order valence-corrected chi connectivity index (χ3v) is 4.67. The van der Waals surface area contributed by atoms with Gasteiger partial charge in [0, 0.05) is 5.69 Å². The van der Waals surface area contributed by atoms with Gasteiger partial charge in [0.05, 0.1) is 5.75 Å². The molecule has 0 aliphatic heterocycles. The number of thioether (sulfide) groups is 1. The summed E-state index contributed by atoms with van der Waals surface area (Å²) in [6.45, 7) is 6.20. The third-order valence-electron chi connectivity index (χ3n) is 2.70. The normalized spacial score (nSPS) is 10.8. The number of nitrogens with zero attached hydrogens (tertiary/aromatic N) is 2. The quantitative estimate of drug-likeness (QED) is 0.856. The van der Waals surface area contributed by atoms with Gasteiger partial charge < -0.3 is 5.32 Å². The molecule has 0 radical (unpaired) electrons. The van der Waals surface area contributed by atoms with Crippen LogP contribution in [0, 0.1) is 6.92 Å². The fraction of sp³-hybridized carbons (Fsp3) is 0.357. The van der Waals surface area contributed by atoms with Crippen LogP contribution in [0.3, 0.4) is 0 Å². The van der Waals surface area contributed by atoms with Crippen molar-refractivity contribution < 1.29 is 4.79 Å². The molecular weight excluding hydrogens is 290 g/mol. The summed E-state index contributed by atoms with van der Waals surface area (Å²) in [6, 6.07) is 7.96. The van der Waals surface area contributed by atoms with Gasteiger partial charge in [-0.3, -0.25) is 4.79 Å². The number of anilines is 1. The van der Waals surface area contributed by atoms with E-state index in [1.54, 1.807) is 0 Å². The Morgan fingerprint density at radius 1 is 1.30 bits per heavy atom. The highest BCUT2D eigenvalue weighted by Gasteiger charge is 2.07. The largest absolute Gasteiger partial charge is 0.325 e. The Morgan fingerprint density at radius 2 is 2.00 bits per heavy atom. The van der Waals surface area contributed by atoms with E-state index >= 15 is 0 Å². The molecule has 0 fully saturated rings. The van der Waals surface area contributed by atoms with E-state index in [2.05, 4.69) is 29.4 Å². The maximum atomic E-state index is 11.8. The summed E-state index contributed by atoms with van der Waals surface area (Å²) in [4.78, 5) is 11.8. The SMILES string of the molecule is Cc1nnc(SCC(=O)Nc2ccc(C(C)C)cc2)s1. The summed E-state index contributed by atoms with van der Waals surface area (Å²) in [6.07, 6.45) is 0. The molecule has 1 heterocycles. The van der Waals surface area contributed by atoms with Gasteiger partial charge in [0.1, 0.15) is 5.01 Å². The number of benzene rings is 1. The lowest BCUT2D eigenvalue weighted by atomic mass is 10.0. The molecule has 1 amide bonds. The summed E-state index contributed by atoms with van der Waals surface area (Å²) >= 11 is 2.91. The van der Waals surface area contributed by atoms with Gasteiger partial charge in [-0.15, -0.1) is 10.2 Å². The van der Waals surface area contributed by atoms with Gasteiger partial charge in [-0.05, 0) is 30.5 Å². The number of aromatic nitrogens is 2. The van der Waals surface area contributed by atoms with E-state index in [-0.39, 0.29) is 5.91 Å². The fourth-order valence-corrected chi connectivity index (χ4v) is 3.23. The summed E-state index contributed by atoms with van der Waals surface area (Å²) in [5.74, 6) is 0.816. The molecule has 0 spiro atoms. The summed E-state index contributed by atoms with van der Waals surface area (Å²) in [7, 11) is 0. The number of hydrogen-bond acceptors (Lipinski definition) is 5. The first-order valence-corrected chi connectivity index (χ1v) is 8.17. The highest BCUT2D eigenvalue weighted by molar-refractivity contribution is 8.01. The Hall–Kier alpha value is -1.40. The van der Waals surface area contributed by atoms with Gasteiger partial charge in [0.2, 0.25) is 5.91 Å². The molecule has 1 aromatic carbocycles. The maximum Gasteiger partial charge on any atom is 0.234 e. The van der Waals surface area contributed by atoms with E-state index < -0.39 is 0 Å². The molecule has 0 atom stereocenters. The predicted octanol–water partition coefficient (Wildman–Crippen LogP) is 3.70. The molecule has 4 nitrogen and oxygen atoms in total. The molecule has 106 valence electrons. The van der Waals surface area contributed by atoms with Crippen LogP contribution in [-0.4, -0.2) is 21.9 Å². The molecular formula is C14H17N3OS2. The van der Waals surface area contributed by atoms with Crippen molar-refractivity contribution in [1.29, 1.82) is 0 Å². The van der Waals surface area contributed by atoms with Gasteiger partial charge in [0.15, 0.2) is 4.34 Å². The number of nitrogens with one attached hydrogen (secondary N) is 1. The molecule has 0 saturated carbocycles. The first-order valence-electron chi connectivity index (χ1n) is 6.37. The average Bonchev–Trinajstić information content (AvgIpc) is 2.83. The van der Waals surface area contributed by atoms with Crippen molar-refractivity contribution in [1.82, 2.24) is 10.2 Å². The van der Waals surface area contributed by atoms with E-state index in [9.17, 15) is 4.79 Å². The molecule has 0 aliphatic carbocycles. The monoisotopic (exact) mass is 307 g/mol. The number of hydrogen-bond donors (Lipinski definition) is 1. The van der Waals surface area contributed by atoms with Crippen LogP contribution < -0.4 is 5.32 Å². The highest BCUT2D eigenvalue weighted by atomic mass is 32.2. The van der Waals surface area contributed by atoms with E-state index in [1.807, 2.05) is 31.2 Å². The average molecular weight is 307 g/mol. The van der Waals surface area contributed by atoms with Gasteiger partial charge in [-0.1, -0.05) is 49.1 Å². The van der Waals surface area contributed by atoms with E-state index in [1.165, 1.54) is 28.7 Å². The van der Waals surface area contributed by atoms with Crippen molar-refractivity contribution in [2.75, 3.05) is 11.1 Å². The Labute approximate surface area is 127 Å². The number of aryl methyl sites for hydroxylation is 1. The zero-order chi connectivity index (χ0) is 14.5. The lowest BCUT2D eigenvalue weighted by molar-refractivity contribution is -0.113. The highest BCUT2D eigenvalue weighted by Crippen LogP contribution is 2.22. The smallest absolute Gasteiger partial charge is 0.234 e. The van der Waals surface area contributed by atoms with Gasteiger partial charge in [-0.25, -0.2) is 0 Å². The van der Waals surface area contributed by atoms with Crippen LogP contribution in [0.2, 0.25) is 0 Å². The maximum absolute atomic E-state index is 11.8. The lowest BCUT2D eigenvalue weighted by Crippen LogP contribution is -2.13. The van der Waals surface area contributed by atoms with Crippen molar-refractivity contribution in [2.45, 2.75) is 31.0 Å². The van der Waals surface area contributed by atoms with E-state index in [0.29, 0.717) is 11.7 Å². The minimum Gasteiger partial charge on any atom is -0.325 e. The van der Waals surface area contributed by atoms with Crippen LogP contribution in [0.5, 0.6) is 0 Å². The zero-order valence-corrected chi connectivity index (χ0v) is 13.3. The second-order valence-corrected chi connectivity index (χ2v) is 7.10. The number of amides is 1. The topological polar surface area (TPSA) is 54.9 Å². The third kappa shape index (κ3) is 4.31. The first-order chi connectivity index (χ1) is 9.54.